The third kappa shape index (κ3) is 4.40. The number of guanidine groups is 2. The summed E-state index contributed by atoms with van der Waals surface area (Å²) in [6.07, 6.45) is -0.367. The van der Waals surface area contributed by atoms with E-state index in [-0.39, 0.29) is 42.9 Å². The highest BCUT2D eigenvalue weighted by Gasteiger charge is 2.66. The first-order valence-corrected chi connectivity index (χ1v) is 14.0. The molecule has 0 radical (unpaired) electrons. The van der Waals surface area contributed by atoms with Crippen molar-refractivity contribution in [1.29, 1.82) is 10.8 Å². The predicted molar refractivity (Wildman–Crippen MR) is 153 cm³/mol. The molecule has 2 aromatic carbocycles. The van der Waals surface area contributed by atoms with Gasteiger partial charge in [0.1, 0.15) is 11.9 Å². The number of aliphatic hydroxyl groups is 2. The standard InChI is InChI=1S/C29H36N8O5/c1-28(2)10-11-42-21-17(4-3-5-18(21)28)25(41)33-20-13-37-27(31)34-19(22-29(37,23(20)39)36-26(30)35-22)12-32-24(40)16-8-6-15(14-38)7-9-16/h3-9,19-20,22-23,38-39H,10-14H2,1-2H3,(H2,31,34)(H,32,40)(H,33,41)(H3,30,35,36)/t19-,20?,22?,23+,29?/m0/s1. The topological polar surface area (TPSA) is 195 Å². The van der Waals surface area contributed by atoms with Crippen molar-refractivity contribution < 1.29 is 24.5 Å². The molecule has 13 nitrogen and oxygen atoms in total. The van der Waals surface area contributed by atoms with Gasteiger partial charge in [-0.1, -0.05) is 38.1 Å². The van der Waals surface area contributed by atoms with Crippen molar-refractivity contribution in [2.75, 3.05) is 19.7 Å². The first-order valence-electron chi connectivity index (χ1n) is 14.0. The molecule has 0 aromatic heterocycles. The second-order valence-corrected chi connectivity index (χ2v) is 11.9. The number of carbonyl (C=O) groups excluding carboxylic acids is 2. The van der Waals surface area contributed by atoms with E-state index in [0.29, 0.717) is 29.0 Å². The van der Waals surface area contributed by atoms with Crippen LogP contribution in [0.2, 0.25) is 0 Å². The van der Waals surface area contributed by atoms with Gasteiger partial charge in [-0.25, -0.2) is 0 Å². The molecule has 0 aliphatic carbocycles. The van der Waals surface area contributed by atoms with Gasteiger partial charge in [-0.3, -0.25) is 20.4 Å². The number of aliphatic hydroxyl groups excluding tert-OH is 2. The van der Waals surface area contributed by atoms with Crippen molar-refractivity contribution in [3.05, 3.63) is 64.7 Å². The molecule has 9 N–H and O–H groups in total. The molecule has 4 aliphatic heterocycles. The average Bonchev–Trinajstić information content (AvgIpc) is 3.47. The molecule has 0 bridgehead atoms. The molecule has 42 heavy (non-hydrogen) atoms. The number of amides is 2. The van der Waals surface area contributed by atoms with Crippen molar-refractivity contribution >= 4 is 23.7 Å². The second-order valence-electron chi connectivity index (χ2n) is 11.9. The number of nitrogens with one attached hydrogen (secondary N) is 7. The van der Waals surface area contributed by atoms with Crippen LogP contribution in [0.4, 0.5) is 0 Å². The quantitative estimate of drug-likeness (QED) is 0.219. The van der Waals surface area contributed by atoms with Gasteiger partial charge in [-0.15, -0.1) is 0 Å². The predicted octanol–water partition coefficient (Wildman–Crippen LogP) is -0.457. The van der Waals surface area contributed by atoms with Gasteiger partial charge in [0.05, 0.1) is 36.9 Å². The lowest BCUT2D eigenvalue weighted by Gasteiger charge is -2.49. The molecule has 4 aliphatic rings. The minimum Gasteiger partial charge on any atom is -0.492 e. The second kappa shape index (κ2) is 10.2. The molecule has 222 valence electrons. The normalized spacial score (nSPS) is 28.7. The van der Waals surface area contributed by atoms with Crippen molar-refractivity contribution in [2.24, 2.45) is 0 Å². The SMILES string of the molecule is CC1(C)CCOc2c(C(=O)NC3CN4C(=N)N[C@@H](CNC(=O)c5ccc(CO)cc5)C5NC(=N)NC54[C@@H]3O)cccc21. The zero-order valence-electron chi connectivity index (χ0n) is 23.5. The Morgan fingerprint density at radius 1 is 1.12 bits per heavy atom. The van der Waals surface area contributed by atoms with Crippen molar-refractivity contribution in [2.45, 2.75) is 62.2 Å². The number of benzene rings is 2. The molecule has 3 saturated heterocycles. The summed E-state index contributed by atoms with van der Waals surface area (Å²) in [5, 5.41) is 53.0. The van der Waals surface area contributed by atoms with Crippen LogP contribution in [-0.4, -0.2) is 88.4 Å². The Labute approximate surface area is 243 Å². The molecule has 3 unspecified atom stereocenters. The maximum Gasteiger partial charge on any atom is 0.255 e. The fourth-order valence-corrected chi connectivity index (χ4v) is 6.56. The molecule has 2 aromatic rings. The van der Waals surface area contributed by atoms with E-state index in [1.54, 1.807) is 35.2 Å². The van der Waals surface area contributed by atoms with Gasteiger partial charge in [-0.05, 0) is 35.6 Å². The molecule has 1 spiro atoms. The minimum atomic E-state index is -1.30. The van der Waals surface area contributed by atoms with E-state index in [4.69, 9.17) is 15.6 Å². The van der Waals surface area contributed by atoms with Crippen LogP contribution in [-0.2, 0) is 12.0 Å². The number of nitrogens with zero attached hydrogens (tertiary/aromatic N) is 1. The monoisotopic (exact) mass is 576 g/mol. The van der Waals surface area contributed by atoms with E-state index in [2.05, 4.69) is 40.4 Å². The number of ether oxygens (including phenoxy) is 1. The zero-order valence-corrected chi connectivity index (χ0v) is 23.5. The van der Waals surface area contributed by atoms with E-state index < -0.39 is 35.8 Å². The molecule has 6 rings (SSSR count). The van der Waals surface area contributed by atoms with Crippen molar-refractivity contribution in [3.63, 3.8) is 0 Å². The summed E-state index contributed by atoms with van der Waals surface area (Å²) in [7, 11) is 0. The van der Waals surface area contributed by atoms with Crippen LogP contribution >= 0.6 is 0 Å². The lowest BCUT2D eigenvalue weighted by atomic mass is 9.79. The Balaban J connectivity index is 1.20. The van der Waals surface area contributed by atoms with Gasteiger partial charge in [0.2, 0.25) is 0 Å². The first kappa shape index (κ1) is 27.8. The summed E-state index contributed by atoms with van der Waals surface area (Å²) >= 11 is 0. The highest BCUT2D eigenvalue weighted by atomic mass is 16.5. The molecule has 5 atom stereocenters. The summed E-state index contributed by atoms with van der Waals surface area (Å²) in [5.41, 5.74) is 1.01. The molecular formula is C29H36N8O5. The maximum absolute atomic E-state index is 13.6. The van der Waals surface area contributed by atoms with Gasteiger partial charge in [0.25, 0.3) is 11.8 Å². The van der Waals surface area contributed by atoms with Crippen LogP contribution in [0.1, 0.15) is 52.1 Å². The van der Waals surface area contributed by atoms with Gasteiger partial charge in [-0.2, -0.15) is 0 Å². The average molecular weight is 577 g/mol. The Morgan fingerprint density at radius 2 is 1.88 bits per heavy atom. The largest absolute Gasteiger partial charge is 0.492 e. The molecular weight excluding hydrogens is 540 g/mol. The van der Waals surface area contributed by atoms with Crippen LogP contribution < -0.4 is 31.3 Å². The molecule has 3 fully saturated rings. The number of rotatable bonds is 6. The third-order valence-electron chi connectivity index (χ3n) is 8.91. The van der Waals surface area contributed by atoms with Crippen LogP contribution in [0.5, 0.6) is 5.75 Å². The minimum absolute atomic E-state index is 0.000213. The van der Waals surface area contributed by atoms with Gasteiger partial charge >= 0.3 is 0 Å². The molecule has 4 heterocycles. The van der Waals surface area contributed by atoms with Crippen molar-refractivity contribution in [1.82, 2.24) is 31.5 Å². The Kier molecular flexibility index (Phi) is 6.73. The smallest absolute Gasteiger partial charge is 0.255 e. The van der Waals surface area contributed by atoms with E-state index >= 15 is 0 Å². The lowest BCUT2D eigenvalue weighted by Crippen LogP contribution is -2.78. The van der Waals surface area contributed by atoms with Crippen LogP contribution in [0.3, 0.4) is 0 Å². The number of hydrogen-bond donors (Lipinski definition) is 9. The Bertz CT molecular complexity index is 1450. The van der Waals surface area contributed by atoms with Crippen molar-refractivity contribution in [3.8, 4) is 5.75 Å². The number of carbonyl (C=O) groups is 2. The fraction of sp³-hybridized carbons (Fsp3) is 0.448. The summed E-state index contributed by atoms with van der Waals surface area (Å²) in [4.78, 5) is 28.0. The highest BCUT2D eigenvalue weighted by Crippen LogP contribution is 2.41. The number of hydrogen-bond acceptors (Lipinski definition) is 7. The molecule has 0 saturated carbocycles. The zero-order chi connectivity index (χ0) is 29.8. The number of fused-ring (bicyclic) bond motifs is 1. The molecule has 2 amide bonds. The summed E-state index contributed by atoms with van der Waals surface area (Å²) in [6.45, 7) is 4.83. The summed E-state index contributed by atoms with van der Waals surface area (Å²) in [5.74, 6) is -0.209. The van der Waals surface area contributed by atoms with E-state index in [1.807, 2.05) is 12.1 Å². The Hall–Kier alpha value is -4.36. The van der Waals surface area contributed by atoms with Gasteiger partial charge in [0.15, 0.2) is 17.6 Å². The third-order valence-corrected chi connectivity index (χ3v) is 8.91. The lowest BCUT2D eigenvalue weighted by molar-refractivity contribution is 0.00611. The number of para-hydroxylation sites is 1. The van der Waals surface area contributed by atoms with Crippen LogP contribution in [0.25, 0.3) is 0 Å². The first-order chi connectivity index (χ1) is 20.0. The van der Waals surface area contributed by atoms with Gasteiger partial charge in [0, 0.05) is 24.2 Å². The van der Waals surface area contributed by atoms with Gasteiger partial charge < -0.3 is 46.4 Å². The molecule has 13 heteroatoms. The maximum atomic E-state index is 13.6. The highest BCUT2D eigenvalue weighted by molar-refractivity contribution is 5.98. The van der Waals surface area contributed by atoms with Crippen LogP contribution in [0.15, 0.2) is 42.5 Å². The summed E-state index contributed by atoms with van der Waals surface area (Å²) in [6, 6.07) is 10.1. The fourth-order valence-electron chi connectivity index (χ4n) is 6.56. The van der Waals surface area contributed by atoms with Crippen LogP contribution in [0, 0.1) is 10.8 Å². The van der Waals surface area contributed by atoms with E-state index in [1.165, 1.54) is 0 Å². The Morgan fingerprint density at radius 3 is 2.62 bits per heavy atom. The van der Waals surface area contributed by atoms with E-state index in [9.17, 15) is 19.8 Å². The summed E-state index contributed by atoms with van der Waals surface area (Å²) < 4.78 is 5.93. The van der Waals surface area contributed by atoms with E-state index in [0.717, 1.165) is 12.0 Å².